The third-order valence-electron chi connectivity index (χ3n) is 2.81. The Labute approximate surface area is 90.7 Å². The van der Waals surface area contributed by atoms with E-state index in [1.54, 1.807) is 6.20 Å². The fourth-order valence-corrected chi connectivity index (χ4v) is 2.18. The zero-order chi connectivity index (χ0) is 10.7. The van der Waals surface area contributed by atoms with Crippen molar-refractivity contribution >= 4 is 5.82 Å². The van der Waals surface area contributed by atoms with Gasteiger partial charge in [-0.05, 0) is 38.9 Å². The Hall–Kier alpha value is -1.16. The van der Waals surface area contributed by atoms with E-state index >= 15 is 0 Å². The zero-order valence-corrected chi connectivity index (χ0v) is 9.35. The number of hydrogen-bond donors (Lipinski definition) is 1. The number of nitrogens with zero attached hydrogens (tertiary/aromatic N) is 3. The molecule has 15 heavy (non-hydrogen) atoms. The van der Waals surface area contributed by atoms with Gasteiger partial charge in [0.1, 0.15) is 0 Å². The van der Waals surface area contributed by atoms with Crippen molar-refractivity contribution in [2.75, 3.05) is 18.0 Å². The van der Waals surface area contributed by atoms with Gasteiger partial charge in [0, 0.05) is 24.8 Å². The van der Waals surface area contributed by atoms with Crippen LogP contribution >= 0.6 is 0 Å². The monoisotopic (exact) mass is 206 g/mol. The molecule has 1 aliphatic rings. The summed E-state index contributed by atoms with van der Waals surface area (Å²) in [6, 6.07) is 5.00. The molecule has 0 bridgehead atoms. The van der Waals surface area contributed by atoms with Crippen LogP contribution in [0.4, 0.5) is 5.82 Å². The molecule has 2 rings (SSSR count). The Morgan fingerprint density at radius 1 is 1.53 bits per heavy atom. The molecule has 1 saturated heterocycles. The van der Waals surface area contributed by atoms with E-state index < -0.39 is 0 Å². The second-order valence-corrected chi connectivity index (χ2v) is 4.23. The lowest BCUT2D eigenvalue weighted by molar-refractivity contribution is 0.563. The van der Waals surface area contributed by atoms with Gasteiger partial charge in [-0.25, -0.2) is 0 Å². The standard InChI is InChI=1S/C11H18N4/c1-9(2)15(10-5-7-12-8-10)11-4-3-6-13-14-11/h3-4,6,9-10,12H,5,7-8H2,1-2H3. The van der Waals surface area contributed by atoms with Gasteiger partial charge in [0.15, 0.2) is 5.82 Å². The van der Waals surface area contributed by atoms with Crippen LogP contribution in [0.2, 0.25) is 0 Å². The van der Waals surface area contributed by atoms with E-state index in [0.29, 0.717) is 12.1 Å². The van der Waals surface area contributed by atoms with Gasteiger partial charge in [-0.15, -0.1) is 5.10 Å². The maximum atomic E-state index is 4.19. The van der Waals surface area contributed by atoms with Crippen molar-refractivity contribution in [1.29, 1.82) is 0 Å². The summed E-state index contributed by atoms with van der Waals surface area (Å²) in [6.45, 7) is 6.56. The molecule has 82 valence electrons. The second kappa shape index (κ2) is 4.57. The van der Waals surface area contributed by atoms with Gasteiger partial charge in [0.2, 0.25) is 0 Å². The summed E-state index contributed by atoms with van der Waals surface area (Å²) < 4.78 is 0. The molecule has 0 saturated carbocycles. The van der Waals surface area contributed by atoms with E-state index in [-0.39, 0.29) is 0 Å². The van der Waals surface area contributed by atoms with E-state index in [1.807, 2.05) is 12.1 Å². The lowest BCUT2D eigenvalue weighted by Gasteiger charge is -2.32. The minimum atomic E-state index is 0.464. The number of aromatic nitrogens is 2. The van der Waals surface area contributed by atoms with Crippen LogP contribution in [0.25, 0.3) is 0 Å². The van der Waals surface area contributed by atoms with Gasteiger partial charge in [0.25, 0.3) is 0 Å². The quantitative estimate of drug-likeness (QED) is 0.802. The highest BCUT2D eigenvalue weighted by atomic mass is 15.3. The number of rotatable bonds is 3. The average molecular weight is 206 g/mol. The molecule has 4 heteroatoms. The summed E-state index contributed by atoms with van der Waals surface area (Å²) in [5.41, 5.74) is 0. The van der Waals surface area contributed by atoms with Crippen molar-refractivity contribution in [1.82, 2.24) is 15.5 Å². The highest BCUT2D eigenvalue weighted by Crippen LogP contribution is 2.19. The molecule has 0 amide bonds. The second-order valence-electron chi connectivity index (χ2n) is 4.23. The van der Waals surface area contributed by atoms with Crippen molar-refractivity contribution in [3.63, 3.8) is 0 Å². The molecule has 1 aliphatic heterocycles. The van der Waals surface area contributed by atoms with E-state index in [2.05, 4.69) is 34.3 Å². The number of nitrogens with one attached hydrogen (secondary N) is 1. The maximum Gasteiger partial charge on any atom is 0.151 e. The van der Waals surface area contributed by atoms with E-state index in [9.17, 15) is 0 Å². The third-order valence-corrected chi connectivity index (χ3v) is 2.81. The molecule has 1 N–H and O–H groups in total. The topological polar surface area (TPSA) is 41.1 Å². The zero-order valence-electron chi connectivity index (χ0n) is 9.35. The lowest BCUT2D eigenvalue weighted by atomic mass is 10.1. The maximum absolute atomic E-state index is 4.19. The first-order valence-corrected chi connectivity index (χ1v) is 5.56. The first-order chi connectivity index (χ1) is 7.29. The number of anilines is 1. The first kappa shape index (κ1) is 10.4. The Morgan fingerprint density at radius 3 is 2.93 bits per heavy atom. The highest BCUT2D eigenvalue weighted by Gasteiger charge is 2.25. The Balaban J connectivity index is 2.19. The Bertz CT molecular complexity index is 293. The first-order valence-electron chi connectivity index (χ1n) is 5.56. The molecule has 0 radical (unpaired) electrons. The Morgan fingerprint density at radius 2 is 2.40 bits per heavy atom. The summed E-state index contributed by atoms with van der Waals surface area (Å²) in [5, 5.41) is 11.5. The summed E-state index contributed by atoms with van der Waals surface area (Å²) >= 11 is 0. The van der Waals surface area contributed by atoms with Crippen LogP contribution in [-0.4, -0.2) is 35.4 Å². The van der Waals surface area contributed by atoms with Crippen molar-refractivity contribution in [2.45, 2.75) is 32.4 Å². The normalized spacial score (nSPS) is 20.9. The smallest absolute Gasteiger partial charge is 0.151 e. The van der Waals surface area contributed by atoms with Crippen molar-refractivity contribution in [3.05, 3.63) is 18.3 Å². The van der Waals surface area contributed by atoms with Gasteiger partial charge in [-0.2, -0.15) is 5.10 Å². The average Bonchev–Trinajstić information content (AvgIpc) is 2.72. The predicted octanol–water partition coefficient (Wildman–Crippen LogP) is 1.05. The summed E-state index contributed by atoms with van der Waals surface area (Å²) in [5.74, 6) is 0.987. The van der Waals surface area contributed by atoms with Crippen LogP contribution in [0.15, 0.2) is 18.3 Å². The van der Waals surface area contributed by atoms with E-state index in [1.165, 1.54) is 6.42 Å². The molecule has 0 aliphatic carbocycles. The van der Waals surface area contributed by atoms with Gasteiger partial charge in [-0.3, -0.25) is 0 Å². The minimum absolute atomic E-state index is 0.464. The Kier molecular flexibility index (Phi) is 3.16. The summed E-state index contributed by atoms with van der Waals surface area (Å²) in [6.07, 6.45) is 2.91. The molecule has 1 fully saturated rings. The largest absolute Gasteiger partial charge is 0.348 e. The molecular weight excluding hydrogens is 188 g/mol. The van der Waals surface area contributed by atoms with Crippen molar-refractivity contribution < 1.29 is 0 Å². The SMILES string of the molecule is CC(C)N(c1cccnn1)C1CCNC1. The van der Waals surface area contributed by atoms with Crippen LogP contribution in [0, 0.1) is 0 Å². The van der Waals surface area contributed by atoms with Crippen LogP contribution in [0.5, 0.6) is 0 Å². The molecule has 0 aromatic carbocycles. The van der Waals surface area contributed by atoms with Gasteiger partial charge in [-0.1, -0.05) is 0 Å². The van der Waals surface area contributed by atoms with E-state index in [4.69, 9.17) is 0 Å². The minimum Gasteiger partial charge on any atom is -0.348 e. The fraction of sp³-hybridized carbons (Fsp3) is 0.636. The van der Waals surface area contributed by atoms with Gasteiger partial charge >= 0.3 is 0 Å². The number of hydrogen-bond acceptors (Lipinski definition) is 4. The third kappa shape index (κ3) is 2.26. The fourth-order valence-electron chi connectivity index (χ4n) is 2.18. The van der Waals surface area contributed by atoms with Crippen molar-refractivity contribution in [3.8, 4) is 0 Å². The molecular formula is C11H18N4. The van der Waals surface area contributed by atoms with Crippen LogP contribution in [0.3, 0.4) is 0 Å². The summed E-state index contributed by atoms with van der Waals surface area (Å²) in [4.78, 5) is 2.35. The molecule has 0 spiro atoms. The highest BCUT2D eigenvalue weighted by molar-refractivity contribution is 5.39. The molecule has 1 atom stereocenters. The molecule has 1 aromatic rings. The lowest BCUT2D eigenvalue weighted by Crippen LogP contribution is -2.42. The van der Waals surface area contributed by atoms with E-state index in [0.717, 1.165) is 18.9 Å². The summed E-state index contributed by atoms with van der Waals surface area (Å²) in [7, 11) is 0. The molecule has 2 heterocycles. The van der Waals surface area contributed by atoms with Crippen LogP contribution in [-0.2, 0) is 0 Å². The van der Waals surface area contributed by atoms with Gasteiger partial charge < -0.3 is 10.2 Å². The van der Waals surface area contributed by atoms with Crippen LogP contribution < -0.4 is 10.2 Å². The predicted molar refractivity (Wildman–Crippen MR) is 60.9 cm³/mol. The van der Waals surface area contributed by atoms with Crippen LogP contribution in [0.1, 0.15) is 20.3 Å². The molecule has 1 unspecified atom stereocenters. The molecule has 4 nitrogen and oxygen atoms in total. The van der Waals surface area contributed by atoms with Gasteiger partial charge in [0.05, 0.1) is 0 Å². The van der Waals surface area contributed by atoms with Crippen molar-refractivity contribution in [2.24, 2.45) is 0 Å². The molecule has 1 aromatic heterocycles.